The van der Waals surface area contributed by atoms with Crippen LogP contribution in [0.3, 0.4) is 0 Å². The monoisotopic (exact) mass is 375 g/mol. The molecule has 27 heavy (non-hydrogen) atoms. The Morgan fingerprint density at radius 1 is 1.26 bits per heavy atom. The van der Waals surface area contributed by atoms with Crippen molar-refractivity contribution in [2.24, 2.45) is 5.73 Å². The third kappa shape index (κ3) is 6.63. The maximum Gasteiger partial charge on any atom is 0.326 e. The van der Waals surface area contributed by atoms with Crippen molar-refractivity contribution in [2.75, 3.05) is 13.1 Å². The normalized spacial score (nSPS) is 19.0. The number of benzene rings is 1. The fourth-order valence-electron chi connectivity index (χ4n) is 3.71. The number of likely N-dealkylation sites (tertiary alicyclic amines) is 1. The lowest BCUT2D eigenvalue weighted by molar-refractivity contribution is -0.149. The van der Waals surface area contributed by atoms with E-state index in [2.05, 4.69) is 24.4 Å². The molecule has 3 unspecified atom stereocenters. The number of carbonyl (C=O) groups excluding carboxylic acids is 1. The zero-order valence-electron chi connectivity index (χ0n) is 16.3. The van der Waals surface area contributed by atoms with Gasteiger partial charge in [0.15, 0.2) is 0 Å². The second kappa shape index (κ2) is 11.0. The van der Waals surface area contributed by atoms with Gasteiger partial charge in [0, 0.05) is 12.6 Å². The van der Waals surface area contributed by atoms with Crippen molar-refractivity contribution in [3.05, 3.63) is 35.9 Å². The molecule has 2 rings (SSSR count). The van der Waals surface area contributed by atoms with Gasteiger partial charge >= 0.3 is 5.97 Å². The van der Waals surface area contributed by atoms with E-state index in [-0.39, 0.29) is 18.0 Å². The lowest BCUT2D eigenvalue weighted by Crippen LogP contribution is -2.52. The Kier molecular flexibility index (Phi) is 8.75. The molecule has 0 saturated carbocycles. The zero-order chi connectivity index (χ0) is 19.6. The van der Waals surface area contributed by atoms with E-state index < -0.39 is 12.0 Å². The summed E-state index contributed by atoms with van der Waals surface area (Å²) in [6.45, 7) is 3.22. The van der Waals surface area contributed by atoms with Crippen LogP contribution in [0, 0.1) is 0 Å². The Hall–Kier alpha value is -1.92. The van der Waals surface area contributed by atoms with Crippen LogP contribution in [0.1, 0.15) is 51.0 Å². The standard InChI is InChI=1S/C21H33N3O3/c1-16(12-13-17-8-3-2-4-9-17)23-18(10-5-6-14-22)20(25)24-15-7-11-19(24)21(26)27/h2-4,8-9,16,18-19,23H,5-7,10-15,22H2,1H3,(H,26,27). The number of carboxylic acids is 1. The fourth-order valence-corrected chi connectivity index (χ4v) is 3.71. The van der Waals surface area contributed by atoms with Crippen LogP contribution in [0.4, 0.5) is 0 Å². The zero-order valence-corrected chi connectivity index (χ0v) is 16.3. The largest absolute Gasteiger partial charge is 0.480 e. The number of rotatable bonds is 11. The van der Waals surface area contributed by atoms with Crippen molar-refractivity contribution in [2.45, 2.75) is 70.0 Å². The van der Waals surface area contributed by atoms with Gasteiger partial charge in [-0.25, -0.2) is 4.79 Å². The molecule has 1 heterocycles. The van der Waals surface area contributed by atoms with Gasteiger partial charge in [-0.05, 0) is 57.6 Å². The van der Waals surface area contributed by atoms with Crippen molar-refractivity contribution in [3.8, 4) is 0 Å². The average Bonchev–Trinajstić information content (AvgIpc) is 3.16. The summed E-state index contributed by atoms with van der Waals surface area (Å²) in [5.41, 5.74) is 6.87. The molecule has 4 N–H and O–H groups in total. The highest BCUT2D eigenvalue weighted by molar-refractivity contribution is 5.87. The minimum atomic E-state index is -0.904. The molecule has 1 saturated heterocycles. The second-order valence-electron chi connectivity index (χ2n) is 7.46. The molecule has 1 aromatic rings. The third-order valence-electron chi connectivity index (χ3n) is 5.26. The Balaban J connectivity index is 1.95. The van der Waals surface area contributed by atoms with E-state index in [4.69, 9.17) is 5.73 Å². The Morgan fingerprint density at radius 3 is 2.67 bits per heavy atom. The number of hydrogen-bond donors (Lipinski definition) is 3. The molecule has 0 aromatic heterocycles. The maximum atomic E-state index is 13.0. The first-order valence-corrected chi connectivity index (χ1v) is 10.1. The number of nitrogens with two attached hydrogens (primary N) is 1. The molecule has 1 aromatic carbocycles. The molecule has 0 bridgehead atoms. The fraction of sp³-hybridized carbons (Fsp3) is 0.619. The smallest absolute Gasteiger partial charge is 0.326 e. The molecule has 1 aliphatic rings. The summed E-state index contributed by atoms with van der Waals surface area (Å²) < 4.78 is 0. The van der Waals surface area contributed by atoms with E-state index in [0.717, 1.165) is 32.1 Å². The van der Waals surface area contributed by atoms with Crippen molar-refractivity contribution in [1.29, 1.82) is 0 Å². The van der Waals surface area contributed by atoms with E-state index in [1.165, 1.54) is 5.56 Å². The predicted molar refractivity (Wildman–Crippen MR) is 106 cm³/mol. The summed E-state index contributed by atoms with van der Waals surface area (Å²) in [6.07, 6.45) is 5.58. The number of nitrogens with zero attached hydrogens (tertiary/aromatic N) is 1. The molecule has 1 aliphatic heterocycles. The van der Waals surface area contributed by atoms with Crippen LogP contribution < -0.4 is 11.1 Å². The van der Waals surface area contributed by atoms with Gasteiger partial charge in [0.05, 0.1) is 6.04 Å². The highest BCUT2D eigenvalue weighted by atomic mass is 16.4. The van der Waals surface area contributed by atoms with Crippen molar-refractivity contribution in [3.63, 3.8) is 0 Å². The van der Waals surface area contributed by atoms with E-state index in [1.54, 1.807) is 4.90 Å². The molecular formula is C21H33N3O3. The SMILES string of the molecule is CC(CCc1ccccc1)NC(CCCCN)C(=O)N1CCCC1C(=O)O. The minimum Gasteiger partial charge on any atom is -0.480 e. The molecule has 6 nitrogen and oxygen atoms in total. The molecule has 0 aliphatic carbocycles. The van der Waals surface area contributed by atoms with Gasteiger partial charge in [-0.15, -0.1) is 0 Å². The summed E-state index contributed by atoms with van der Waals surface area (Å²) >= 11 is 0. The van der Waals surface area contributed by atoms with Gasteiger partial charge in [-0.3, -0.25) is 4.79 Å². The van der Waals surface area contributed by atoms with Gasteiger partial charge in [0.25, 0.3) is 0 Å². The lowest BCUT2D eigenvalue weighted by atomic mass is 10.0. The second-order valence-corrected chi connectivity index (χ2v) is 7.46. The number of carboxylic acid groups (broad SMARTS) is 1. The molecule has 6 heteroatoms. The lowest BCUT2D eigenvalue weighted by Gasteiger charge is -2.29. The van der Waals surface area contributed by atoms with Crippen LogP contribution >= 0.6 is 0 Å². The highest BCUT2D eigenvalue weighted by Gasteiger charge is 2.37. The van der Waals surface area contributed by atoms with Crippen molar-refractivity contribution >= 4 is 11.9 Å². The van der Waals surface area contributed by atoms with Gasteiger partial charge in [0.2, 0.25) is 5.91 Å². The van der Waals surface area contributed by atoms with Crippen molar-refractivity contribution in [1.82, 2.24) is 10.2 Å². The molecule has 0 radical (unpaired) electrons. The van der Waals surface area contributed by atoms with E-state index in [9.17, 15) is 14.7 Å². The van der Waals surface area contributed by atoms with Gasteiger partial charge in [0.1, 0.15) is 6.04 Å². The maximum absolute atomic E-state index is 13.0. The van der Waals surface area contributed by atoms with Crippen LogP contribution in [-0.4, -0.2) is 53.1 Å². The first-order valence-electron chi connectivity index (χ1n) is 10.1. The number of nitrogens with one attached hydrogen (secondary N) is 1. The number of aryl methyl sites for hydroxylation is 1. The van der Waals surface area contributed by atoms with E-state index in [1.807, 2.05) is 18.2 Å². The summed E-state index contributed by atoms with van der Waals surface area (Å²) in [5.74, 6) is -0.984. The summed E-state index contributed by atoms with van der Waals surface area (Å²) in [7, 11) is 0. The Morgan fingerprint density at radius 2 is 2.00 bits per heavy atom. The number of carbonyl (C=O) groups is 2. The van der Waals surface area contributed by atoms with Gasteiger partial charge in [-0.1, -0.05) is 36.8 Å². The van der Waals surface area contributed by atoms with Crippen molar-refractivity contribution < 1.29 is 14.7 Å². The first kappa shape index (κ1) is 21.4. The van der Waals surface area contributed by atoms with E-state index >= 15 is 0 Å². The van der Waals surface area contributed by atoms with Crippen LogP contribution in [0.15, 0.2) is 30.3 Å². The number of hydrogen-bond acceptors (Lipinski definition) is 4. The topological polar surface area (TPSA) is 95.7 Å². The Labute approximate surface area is 162 Å². The summed E-state index contributed by atoms with van der Waals surface area (Å²) in [5, 5.41) is 12.8. The van der Waals surface area contributed by atoms with Crippen LogP contribution in [0.2, 0.25) is 0 Å². The van der Waals surface area contributed by atoms with Gasteiger partial charge in [-0.2, -0.15) is 0 Å². The third-order valence-corrected chi connectivity index (χ3v) is 5.26. The first-order chi connectivity index (χ1) is 13.0. The summed E-state index contributed by atoms with van der Waals surface area (Å²) in [6, 6.07) is 9.43. The van der Waals surface area contributed by atoms with Gasteiger partial charge < -0.3 is 21.1 Å². The molecular weight excluding hydrogens is 342 g/mol. The molecule has 3 atom stereocenters. The molecule has 150 valence electrons. The number of amides is 1. The highest BCUT2D eigenvalue weighted by Crippen LogP contribution is 2.20. The van der Waals surface area contributed by atoms with Crippen LogP contribution in [0.25, 0.3) is 0 Å². The average molecular weight is 376 g/mol. The predicted octanol–water partition coefficient (Wildman–Crippen LogP) is 2.17. The Bertz CT molecular complexity index is 594. The van der Waals surface area contributed by atoms with E-state index in [0.29, 0.717) is 25.9 Å². The van der Waals surface area contributed by atoms with Crippen LogP contribution in [0.5, 0.6) is 0 Å². The molecule has 1 fully saturated rings. The quantitative estimate of drug-likeness (QED) is 0.515. The number of aliphatic carboxylic acids is 1. The minimum absolute atomic E-state index is 0.0801. The summed E-state index contributed by atoms with van der Waals surface area (Å²) in [4.78, 5) is 26.0. The number of unbranched alkanes of at least 4 members (excludes halogenated alkanes) is 1. The van der Waals surface area contributed by atoms with Crippen LogP contribution in [-0.2, 0) is 16.0 Å². The molecule has 1 amide bonds. The molecule has 0 spiro atoms.